The van der Waals surface area contributed by atoms with Gasteiger partial charge in [-0.05, 0) is 53.9 Å². The lowest BCUT2D eigenvalue weighted by atomic mass is 9.65. The zero-order valence-electron chi connectivity index (χ0n) is 21.1. The predicted octanol–water partition coefficient (Wildman–Crippen LogP) is 3.75. The van der Waals surface area contributed by atoms with Crippen molar-refractivity contribution in [3.8, 4) is 28.7 Å². The second-order valence-electron chi connectivity index (χ2n) is 9.51. The number of ether oxygens (including phenoxy) is 5. The molecule has 0 bridgehead atoms. The number of carbonyl (C=O) groups excluding carboxylic acids is 1. The van der Waals surface area contributed by atoms with Crippen LogP contribution in [0, 0.1) is 18.8 Å². The average Bonchev–Trinajstić information content (AvgIpc) is 3.54. The van der Waals surface area contributed by atoms with Gasteiger partial charge in [-0.1, -0.05) is 0 Å². The van der Waals surface area contributed by atoms with Crippen LogP contribution >= 0.6 is 12.6 Å². The van der Waals surface area contributed by atoms with E-state index in [-0.39, 0.29) is 48.6 Å². The molecule has 1 saturated heterocycles. The topological polar surface area (TPSA) is 121 Å². The first-order valence-corrected chi connectivity index (χ1v) is 12.8. The minimum absolute atomic E-state index is 0.109. The largest absolute Gasteiger partial charge is 0.502 e. The number of hydrogen-bond donors (Lipinski definition) is 3. The Morgan fingerprint density at radius 3 is 2.37 bits per heavy atom. The molecule has 2 unspecified atom stereocenters. The summed E-state index contributed by atoms with van der Waals surface area (Å²) in [4.78, 5) is 22.5. The molecule has 3 heterocycles. The molecule has 1 fully saturated rings. The molecule has 0 saturated carbocycles. The molecule has 0 amide bonds. The van der Waals surface area contributed by atoms with Gasteiger partial charge in [-0.25, -0.2) is 9.97 Å². The van der Waals surface area contributed by atoms with E-state index in [9.17, 15) is 9.90 Å². The van der Waals surface area contributed by atoms with Crippen LogP contribution in [0.2, 0.25) is 0 Å². The second-order valence-corrected chi connectivity index (χ2v) is 9.83. The maximum Gasteiger partial charge on any atom is 0.310 e. The monoisotopic (exact) mass is 537 g/mol. The van der Waals surface area contributed by atoms with Gasteiger partial charge >= 0.3 is 5.97 Å². The standard InChI is InChI=1S/C27H27N3O7S/c1-12-4-14(10-38)29-27(28-12)30-24-16-8-19-18(36-11-37-19)7-15(16)22(23-17(24)9-35-26(23)32)13-5-20(33-2)25(31)21(6-13)34-3/h4-8,17,22-24,31,38H,9-11H2,1-3H3,(H,28,29,30)/t17?,22-,23?,24-/m1/s1. The Bertz CT molecular complexity index is 1410. The molecule has 6 rings (SSSR count). The van der Waals surface area contributed by atoms with Crippen LogP contribution in [0.1, 0.15) is 40.0 Å². The fraction of sp³-hybridized carbons (Fsp3) is 0.370. The molecule has 2 N–H and O–H groups in total. The van der Waals surface area contributed by atoms with Crippen molar-refractivity contribution in [3.63, 3.8) is 0 Å². The van der Waals surface area contributed by atoms with E-state index < -0.39 is 11.8 Å². The Morgan fingerprint density at radius 2 is 1.71 bits per heavy atom. The summed E-state index contributed by atoms with van der Waals surface area (Å²) in [5.41, 5.74) is 4.13. The van der Waals surface area contributed by atoms with E-state index in [0.29, 0.717) is 23.2 Å². The number of anilines is 1. The summed E-state index contributed by atoms with van der Waals surface area (Å²) in [6.07, 6.45) is 0. The predicted molar refractivity (Wildman–Crippen MR) is 139 cm³/mol. The number of benzene rings is 2. The van der Waals surface area contributed by atoms with Gasteiger partial charge in [0.15, 0.2) is 23.0 Å². The van der Waals surface area contributed by atoms with Crippen LogP contribution in [0.25, 0.3) is 0 Å². The number of phenolic OH excluding ortho intramolecular Hbond substituents is 1. The van der Waals surface area contributed by atoms with E-state index in [1.165, 1.54) is 14.2 Å². The highest BCUT2D eigenvalue weighted by Crippen LogP contribution is 2.56. The number of hydrogen-bond acceptors (Lipinski definition) is 11. The molecular weight excluding hydrogens is 510 g/mol. The van der Waals surface area contributed by atoms with E-state index in [4.69, 9.17) is 23.7 Å². The number of aromatic nitrogens is 2. The molecule has 3 aliphatic rings. The summed E-state index contributed by atoms with van der Waals surface area (Å²) in [7, 11) is 2.94. The number of carbonyl (C=O) groups is 1. The maximum absolute atomic E-state index is 13.3. The lowest BCUT2D eigenvalue weighted by Gasteiger charge is -2.39. The third-order valence-corrected chi connectivity index (χ3v) is 7.73. The highest BCUT2D eigenvalue weighted by molar-refractivity contribution is 7.79. The van der Waals surface area contributed by atoms with Crippen molar-refractivity contribution >= 4 is 24.5 Å². The number of nitrogens with zero attached hydrogens (tertiary/aromatic N) is 2. The van der Waals surface area contributed by atoms with E-state index in [2.05, 4.69) is 27.9 Å². The third-order valence-electron chi connectivity index (χ3n) is 7.40. The Hall–Kier alpha value is -3.86. The minimum Gasteiger partial charge on any atom is -0.502 e. The Balaban J connectivity index is 1.54. The van der Waals surface area contributed by atoms with Crippen molar-refractivity contribution < 1.29 is 33.6 Å². The fourth-order valence-electron chi connectivity index (χ4n) is 5.76. The van der Waals surface area contributed by atoms with E-state index in [1.54, 1.807) is 12.1 Å². The molecule has 3 aromatic rings. The number of aromatic hydroxyl groups is 1. The molecular formula is C27H27N3O7S. The van der Waals surface area contributed by atoms with Crippen LogP contribution in [0.5, 0.6) is 28.7 Å². The van der Waals surface area contributed by atoms with Gasteiger partial charge in [0.2, 0.25) is 18.5 Å². The Kier molecular flexibility index (Phi) is 6.10. The fourth-order valence-corrected chi connectivity index (χ4v) is 5.92. The molecule has 0 radical (unpaired) electrons. The molecule has 2 aromatic carbocycles. The molecule has 11 heteroatoms. The summed E-state index contributed by atoms with van der Waals surface area (Å²) in [5.74, 6) is 1.03. The first kappa shape index (κ1) is 24.5. The molecule has 1 aromatic heterocycles. The van der Waals surface area contributed by atoms with Gasteiger partial charge in [0, 0.05) is 23.3 Å². The average molecular weight is 538 g/mol. The van der Waals surface area contributed by atoms with Gasteiger partial charge in [-0.15, -0.1) is 0 Å². The van der Waals surface area contributed by atoms with Gasteiger partial charge in [0.05, 0.1) is 38.5 Å². The van der Waals surface area contributed by atoms with Crippen molar-refractivity contribution in [1.82, 2.24) is 9.97 Å². The van der Waals surface area contributed by atoms with Crippen LogP contribution in [0.4, 0.5) is 5.95 Å². The zero-order chi connectivity index (χ0) is 26.6. The highest BCUT2D eigenvalue weighted by atomic mass is 32.1. The number of methoxy groups -OCH3 is 2. The van der Waals surface area contributed by atoms with Crippen molar-refractivity contribution in [3.05, 3.63) is 58.4 Å². The van der Waals surface area contributed by atoms with Crippen molar-refractivity contribution in [1.29, 1.82) is 0 Å². The molecule has 10 nitrogen and oxygen atoms in total. The van der Waals surface area contributed by atoms with Crippen LogP contribution < -0.4 is 24.3 Å². The van der Waals surface area contributed by atoms with Gasteiger partial charge in [0.25, 0.3) is 0 Å². The van der Waals surface area contributed by atoms with Gasteiger partial charge in [0.1, 0.15) is 0 Å². The first-order valence-electron chi connectivity index (χ1n) is 12.2. The first-order chi connectivity index (χ1) is 18.4. The zero-order valence-corrected chi connectivity index (χ0v) is 22.0. The van der Waals surface area contributed by atoms with Gasteiger partial charge in [-0.3, -0.25) is 4.79 Å². The molecule has 4 atom stereocenters. The van der Waals surface area contributed by atoms with Crippen LogP contribution in [0.3, 0.4) is 0 Å². The molecule has 0 spiro atoms. The Labute approximate surface area is 224 Å². The van der Waals surface area contributed by atoms with Crippen molar-refractivity contribution in [2.45, 2.75) is 24.6 Å². The van der Waals surface area contributed by atoms with E-state index >= 15 is 0 Å². The van der Waals surface area contributed by atoms with Crippen molar-refractivity contribution in [2.24, 2.45) is 11.8 Å². The Morgan fingerprint density at radius 1 is 1.03 bits per heavy atom. The normalized spacial score (nSPS) is 22.9. The number of rotatable bonds is 6. The maximum atomic E-state index is 13.3. The summed E-state index contributed by atoms with van der Waals surface area (Å²) in [5, 5.41) is 14.0. The van der Waals surface area contributed by atoms with E-state index in [1.807, 2.05) is 25.1 Å². The summed E-state index contributed by atoms with van der Waals surface area (Å²) in [6.45, 7) is 2.24. The third kappa shape index (κ3) is 3.92. The smallest absolute Gasteiger partial charge is 0.310 e. The highest BCUT2D eigenvalue weighted by Gasteiger charge is 2.53. The van der Waals surface area contributed by atoms with E-state index in [0.717, 1.165) is 28.1 Å². The number of cyclic esters (lactones) is 1. The molecule has 38 heavy (non-hydrogen) atoms. The number of fused-ring (bicyclic) bond motifs is 3. The quantitative estimate of drug-likeness (QED) is 0.317. The summed E-state index contributed by atoms with van der Waals surface area (Å²) >= 11 is 4.37. The van der Waals surface area contributed by atoms with Gasteiger partial charge in [-0.2, -0.15) is 12.6 Å². The van der Waals surface area contributed by atoms with Gasteiger partial charge < -0.3 is 34.1 Å². The van der Waals surface area contributed by atoms with Crippen LogP contribution in [0.15, 0.2) is 30.3 Å². The minimum atomic E-state index is -0.534. The summed E-state index contributed by atoms with van der Waals surface area (Å²) in [6, 6.07) is 8.87. The molecule has 1 aliphatic carbocycles. The van der Waals surface area contributed by atoms with Crippen LogP contribution in [-0.4, -0.2) is 48.7 Å². The second kappa shape index (κ2) is 9.46. The van der Waals surface area contributed by atoms with Crippen molar-refractivity contribution in [2.75, 3.05) is 32.9 Å². The number of esters is 1. The molecule has 2 aliphatic heterocycles. The number of aryl methyl sites for hydroxylation is 1. The summed E-state index contributed by atoms with van der Waals surface area (Å²) < 4.78 is 27.9. The number of thiol groups is 1. The SMILES string of the molecule is COc1cc([C@@H]2c3cc4c(cc3[C@@H](Nc3nc(C)cc(CS)n3)C3COC(=O)C32)OCO4)cc(OC)c1O. The number of phenols is 1. The lowest BCUT2D eigenvalue weighted by Crippen LogP contribution is -2.38. The number of nitrogens with one attached hydrogen (secondary N) is 1. The van der Waals surface area contributed by atoms with Crippen LogP contribution in [-0.2, 0) is 15.3 Å². The lowest BCUT2D eigenvalue weighted by molar-refractivity contribution is -0.141. The molecule has 198 valence electrons.